The van der Waals surface area contributed by atoms with Crippen LogP contribution in [-0.2, 0) is 9.59 Å². The molecule has 0 fully saturated rings. The maximum absolute atomic E-state index is 9.43. The van der Waals surface area contributed by atoms with Crippen LogP contribution in [0.2, 0.25) is 0 Å². The van der Waals surface area contributed by atoms with Crippen LogP contribution in [0.4, 0.5) is 0 Å². The largest absolute Gasteiger partial charge is 2.00 e. The van der Waals surface area contributed by atoms with Crippen LogP contribution in [0.25, 0.3) is 0 Å². The average molecular weight is 164 g/mol. The summed E-state index contributed by atoms with van der Waals surface area (Å²) in [5, 5.41) is 15.4. The third-order valence-electron chi connectivity index (χ3n) is 0.302. The van der Waals surface area contributed by atoms with Gasteiger partial charge < -0.3 is 18.5 Å². The summed E-state index contributed by atoms with van der Waals surface area (Å²) < 4.78 is 0. The van der Waals surface area contributed by atoms with Gasteiger partial charge in [-0.15, -0.1) is 0 Å². The molecule has 0 atom stereocenters. The van der Waals surface area contributed by atoms with Crippen molar-refractivity contribution in [3.05, 3.63) is 0 Å². The quantitative estimate of drug-likeness (QED) is 0.385. The van der Waals surface area contributed by atoms with Crippen LogP contribution in [-0.4, -0.2) is 65.4 Å². The smallest absolute Gasteiger partial charge is 1.00 e. The standard InChI is InChI=1S/C3H4O4.Ca.H2O.2H/c4-2(5)1-3(6)7;;;;/h1H2,(H,4,5)(H,6,7);;1H2;;/q;+2;;2*-1. The zero-order valence-electron chi connectivity index (χ0n) is 6.63. The van der Waals surface area contributed by atoms with E-state index >= 15 is 0 Å². The second-order valence-corrected chi connectivity index (χ2v) is 0.964. The summed E-state index contributed by atoms with van der Waals surface area (Å²) in [4.78, 5) is 18.9. The van der Waals surface area contributed by atoms with Crippen LogP contribution in [0.3, 0.4) is 0 Å². The maximum Gasteiger partial charge on any atom is 2.00 e. The predicted octanol–water partition coefficient (Wildman–Crippen LogP) is -1.43. The Morgan fingerprint density at radius 2 is 1.44 bits per heavy atom. The summed E-state index contributed by atoms with van der Waals surface area (Å²) in [6.45, 7) is 0. The summed E-state index contributed by atoms with van der Waals surface area (Å²) in [6, 6.07) is 0. The molecule has 0 bridgehead atoms. The summed E-state index contributed by atoms with van der Waals surface area (Å²) in [5.74, 6) is -2.62. The van der Waals surface area contributed by atoms with Crippen molar-refractivity contribution in [1.29, 1.82) is 0 Å². The van der Waals surface area contributed by atoms with Crippen LogP contribution in [0.5, 0.6) is 0 Å². The first-order valence-electron chi connectivity index (χ1n) is 1.56. The summed E-state index contributed by atoms with van der Waals surface area (Å²) in [6.07, 6.45) is -0.806. The van der Waals surface area contributed by atoms with E-state index in [-0.39, 0.29) is 46.1 Å². The Kier molecular flexibility index (Phi) is 14.6. The first kappa shape index (κ1) is 16.1. The maximum atomic E-state index is 9.43. The molecule has 0 unspecified atom stereocenters. The van der Waals surface area contributed by atoms with Gasteiger partial charge in [0.1, 0.15) is 6.42 Å². The molecule has 0 aliphatic carbocycles. The number of carbonyl (C=O) groups is 2. The number of hydrogen-bond acceptors (Lipinski definition) is 2. The van der Waals surface area contributed by atoms with Crippen molar-refractivity contribution in [3.8, 4) is 0 Å². The van der Waals surface area contributed by atoms with Gasteiger partial charge in [0.25, 0.3) is 0 Å². The molecular weight excluding hydrogens is 156 g/mol. The molecule has 0 spiro atoms. The molecule has 52 valence electrons. The van der Waals surface area contributed by atoms with Gasteiger partial charge in [-0.1, -0.05) is 0 Å². The molecule has 0 rings (SSSR count). The predicted molar refractivity (Wildman–Crippen MR) is 31.5 cm³/mol. The minimum Gasteiger partial charge on any atom is -1.00 e. The average Bonchev–Trinajstić information content (AvgIpc) is 1.27. The molecule has 0 saturated heterocycles. The molecule has 0 aliphatic heterocycles. The second kappa shape index (κ2) is 8.16. The summed E-state index contributed by atoms with van der Waals surface area (Å²) >= 11 is 0. The summed E-state index contributed by atoms with van der Waals surface area (Å²) in [7, 11) is 0. The van der Waals surface area contributed by atoms with E-state index in [1.165, 1.54) is 0 Å². The van der Waals surface area contributed by atoms with E-state index in [2.05, 4.69) is 0 Å². The van der Waals surface area contributed by atoms with Crippen molar-refractivity contribution in [2.24, 2.45) is 0 Å². The third kappa shape index (κ3) is 17.9. The molecular formula is C3H8CaO5. The van der Waals surface area contributed by atoms with E-state index in [9.17, 15) is 9.59 Å². The van der Waals surface area contributed by atoms with E-state index in [0.717, 1.165) is 0 Å². The number of aliphatic carboxylic acids is 2. The van der Waals surface area contributed by atoms with Gasteiger partial charge in [-0.05, 0) is 0 Å². The monoisotopic (exact) mass is 164 g/mol. The fourth-order valence-electron chi connectivity index (χ4n) is 0.129. The van der Waals surface area contributed by atoms with Gasteiger partial charge in [0.05, 0.1) is 0 Å². The fourth-order valence-corrected chi connectivity index (χ4v) is 0.129. The van der Waals surface area contributed by atoms with Crippen LogP contribution in [0, 0.1) is 0 Å². The van der Waals surface area contributed by atoms with Crippen LogP contribution >= 0.6 is 0 Å². The van der Waals surface area contributed by atoms with Crippen molar-refractivity contribution in [2.45, 2.75) is 6.42 Å². The molecule has 0 aliphatic rings. The van der Waals surface area contributed by atoms with E-state index in [0.29, 0.717) is 0 Å². The molecule has 5 nitrogen and oxygen atoms in total. The van der Waals surface area contributed by atoms with Crippen molar-refractivity contribution in [2.75, 3.05) is 0 Å². The minimum atomic E-state index is -1.31. The summed E-state index contributed by atoms with van der Waals surface area (Å²) in [5.41, 5.74) is 0. The van der Waals surface area contributed by atoms with Crippen LogP contribution < -0.4 is 0 Å². The van der Waals surface area contributed by atoms with Crippen LogP contribution in [0.15, 0.2) is 0 Å². The number of carboxylic acid groups (broad SMARTS) is 2. The van der Waals surface area contributed by atoms with Crippen molar-refractivity contribution in [3.63, 3.8) is 0 Å². The van der Waals surface area contributed by atoms with E-state index < -0.39 is 18.4 Å². The number of rotatable bonds is 2. The van der Waals surface area contributed by atoms with Crippen molar-refractivity contribution >= 4 is 49.7 Å². The molecule has 4 N–H and O–H groups in total. The van der Waals surface area contributed by atoms with Crippen molar-refractivity contribution in [1.82, 2.24) is 0 Å². The van der Waals surface area contributed by atoms with Gasteiger partial charge in [0.2, 0.25) is 0 Å². The fraction of sp³-hybridized carbons (Fsp3) is 0.333. The Labute approximate surface area is 83.9 Å². The Morgan fingerprint density at radius 1 is 1.22 bits per heavy atom. The van der Waals surface area contributed by atoms with Gasteiger partial charge >= 0.3 is 49.7 Å². The molecule has 9 heavy (non-hydrogen) atoms. The third-order valence-corrected chi connectivity index (χ3v) is 0.302. The van der Waals surface area contributed by atoms with E-state index in [1.54, 1.807) is 0 Å². The number of hydrogen-bond donors (Lipinski definition) is 2. The first-order chi connectivity index (χ1) is 3.13. The van der Waals surface area contributed by atoms with Gasteiger partial charge in [-0.2, -0.15) is 0 Å². The first-order valence-corrected chi connectivity index (χ1v) is 1.56. The Bertz CT molecular complexity index is 95.9. The van der Waals surface area contributed by atoms with E-state index in [1.807, 2.05) is 0 Å². The Hall–Kier alpha value is 0.160. The molecule has 0 saturated carbocycles. The normalized spacial score (nSPS) is 6.22. The zero-order chi connectivity index (χ0) is 5.86. The van der Waals surface area contributed by atoms with Gasteiger partial charge in [0, 0.05) is 0 Å². The van der Waals surface area contributed by atoms with Crippen LogP contribution in [0.1, 0.15) is 9.27 Å². The van der Waals surface area contributed by atoms with Gasteiger partial charge in [0.15, 0.2) is 0 Å². The molecule has 0 radical (unpaired) electrons. The molecule has 0 amide bonds. The minimum absolute atomic E-state index is 0. The van der Waals surface area contributed by atoms with E-state index in [4.69, 9.17) is 10.2 Å². The van der Waals surface area contributed by atoms with Crippen molar-refractivity contribution < 1.29 is 28.1 Å². The molecule has 0 heterocycles. The molecule has 0 aromatic carbocycles. The number of carboxylic acids is 2. The molecule has 0 aromatic heterocycles. The zero-order valence-corrected chi connectivity index (χ0v) is 6.83. The Balaban J connectivity index is -0.0000000300. The van der Waals surface area contributed by atoms with Gasteiger partial charge in [-0.3, -0.25) is 9.59 Å². The molecule has 6 heteroatoms. The molecule has 0 aromatic rings. The Morgan fingerprint density at radius 3 is 1.44 bits per heavy atom. The SMILES string of the molecule is O.O=C(O)CC(=O)O.[Ca+2].[H-].[H-]. The van der Waals surface area contributed by atoms with Gasteiger partial charge in [-0.25, -0.2) is 0 Å². The second-order valence-electron chi connectivity index (χ2n) is 0.964. The topological polar surface area (TPSA) is 106 Å².